The summed E-state index contributed by atoms with van der Waals surface area (Å²) in [7, 11) is 2.01. The Morgan fingerprint density at radius 2 is 1.81 bits per heavy atom. The molecule has 1 N–H and O–H groups in total. The van der Waals surface area contributed by atoms with E-state index in [-0.39, 0.29) is 0 Å². The minimum absolute atomic E-state index is 0.402. The number of aryl methyl sites for hydroxylation is 1. The summed E-state index contributed by atoms with van der Waals surface area (Å²) in [6.07, 6.45) is 3.82. The molecule has 27 heavy (non-hydrogen) atoms. The van der Waals surface area contributed by atoms with Crippen molar-refractivity contribution in [2.75, 3.05) is 5.32 Å². The summed E-state index contributed by atoms with van der Waals surface area (Å²) in [4.78, 5) is 14.1. The first kappa shape index (κ1) is 17.2. The van der Waals surface area contributed by atoms with Crippen LogP contribution in [-0.2, 0) is 13.6 Å². The Bertz CT molecular complexity index is 1070. The first-order valence-corrected chi connectivity index (χ1v) is 9.19. The van der Waals surface area contributed by atoms with E-state index in [1.807, 2.05) is 48.1 Å². The molecule has 3 aromatic heterocycles. The Labute approximate surface area is 159 Å². The summed E-state index contributed by atoms with van der Waals surface area (Å²) in [5, 5.41) is 4.46. The summed E-state index contributed by atoms with van der Waals surface area (Å²) in [5.41, 5.74) is 4.23. The average Bonchev–Trinajstić information content (AvgIpc) is 3.08. The molecule has 0 radical (unpaired) electrons. The third-order valence-corrected chi connectivity index (χ3v) is 4.71. The zero-order valence-electron chi connectivity index (χ0n) is 15.8. The van der Waals surface area contributed by atoms with E-state index in [0.29, 0.717) is 12.5 Å². The minimum atomic E-state index is 0.402. The van der Waals surface area contributed by atoms with Gasteiger partial charge in [0, 0.05) is 25.0 Å². The van der Waals surface area contributed by atoms with Gasteiger partial charge in [0.15, 0.2) is 5.82 Å². The number of anilines is 1. The number of benzene rings is 1. The molecule has 0 fully saturated rings. The molecular weight excluding hydrogens is 334 g/mol. The van der Waals surface area contributed by atoms with Crippen LogP contribution in [0.3, 0.4) is 0 Å². The number of nitrogens with one attached hydrogen (secondary N) is 1. The largest absolute Gasteiger partial charge is 0.364 e. The third kappa shape index (κ3) is 3.40. The average molecular weight is 357 g/mol. The number of rotatable bonds is 5. The smallest absolute Gasteiger partial charge is 0.164 e. The van der Waals surface area contributed by atoms with Crippen LogP contribution < -0.4 is 5.32 Å². The molecule has 0 unspecified atom stereocenters. The molecule has 0 bridgehead atoms. The summed E-state index contributed by atoms with van der Waals surface area (Å²) in [6.45, 7) is 5.01. The van der Waals surface area contributed by atoms with Crippen LogP contribution in [0.5, 0.6) is 0 Å². The summed E-state index contributed by atoms with van der Waals surface area (Å²) in [6, 6.07) is 16.3. The Balaban J connectivity index is 1.80. The highest BCUT2D eigenvalue weighted by Crippen LogP contribution is 2.30. The van der Waals surface area contributed by atoms with Gasteiger partial charge in [0.2, 0.25) is 0 Å². The van der Waals surface area contributed by atoms with Crippen LogP contribution in [-0.4, -0.2) is 19.5 Å². The molecule has 0 atom stereocenters. The fourth-order valence-electron chi connectivity index (χ4n) is 3.27. The Hall–Kier alpha value is -3.21. The molecule has 3 heterocycles. The zero-order valence-corrected chi connectivity index (χ0v) is 15.8. The predicted molar refractivity (Wildman–Crippen MR) is 110 cm³/mol. The number of hydrogen-bond donors (Lipinski definition) is 1. The van der Waals surface area contributed by atoms with Gasteiger partial charge in [-0.25, -0.2) is 9.97 Å². The molecule has 0 aliphatic carbocycles. The third-order valence-electron chi connectivity index (χ3n) is 4.71. The molecular formula is C22H23N5. The van der Waals surface area contributed by atoms with E-state index in [2.05, 4.69) is 42.3 Å². The normalized spacial score (nSPS) is 11.3. The highest BCUT2D eigenvalue weighted by atomic mass is 15.1. The van der Waals surface area contributed by atoms with Crippen molar-refractivity contribution in [1.82, 2.24) is 19.5 Å². The van der Waals surface area contributed by atoms with Gasteiger partial charge < -0.3 is 9.88 Å². The van der Waals surface area contributed by atoms with Crippen molar-refractivity contribution in [3.05, 3.63) is 72.2 Å². The molecule has 5 heteroatoms. The maximum Gasteiger partial charge on any atom is 0.164 e. The highest BCUT2D eigenvalue weighted by molar-refractivity contribution is 5.89. The van der Waals surface area contributed by atoms with E-state index in [9.17, 15) is 0 Å². The molecule has 136 valence electrons. The van der Waals surface area contributed by atoms with Crippen molar-refractivity contribution in [3.8, 4) is 11.4 Å². The first-order valence-electron chi connectivity index (χ1n) is 9.19. The predicted octanol–water partition coefficient (Wildman–Crippen LogP) is 4.77. The zero-order chi connectivity index (χ0) is 18.8. The van der Waals surface area contributed by atoms with E-state index in [0.717, 1.165) is 33.9 Å². The Morgan fingerprint density at radius 3 is 2.59 bits per heavy atom. The lowest BCUT2D eigenvalue weighted by molar-refractivity contribution is 0.866. The van der Waals surface area contributed by atoms with Crippen molar-refractivity contribution < 1.29 is 0 Å². The molecule has 1 aromatic carbocycles. The lowest BCUT2D eigenvalue weighted by Crippen LogP contribution is -2.06. The molecule has 0 aliphatic heterocycles. The van der Waals surface area contributed by atoms with Crippen LogP contribution in [0.1, 0.15) is 31.0 Å². The summed E-state index contributed by atoms with van der Waals surface area (Å²) < 4.78 is 2.03. The number of aromatic nitrogens is 4. The van der Waals surface area contributed by atoms with Gasteiger partial charge >= 0.3 is 0 Å². The van der Waals surface area contributed by atoms with Gasteiger partial charge in [0.05, 0.1) is 17.6 Å². The second-order valence-electron chi connectivity index (χ2n) is 6.98. The fourth-order valence-corrected chi connectivity index (χ4v) is 3.27. The minimum Gasteiger partial charge on any atom is -0.364 e. The van der Waals surface area contributed by atoms with Crippen LogP contribution in [0.15, 0.2) is 60.9 Å². The summed E-state index contributed by atoms with van der Waals surface area (Å²) >= 11 is 0. The molecule has 0 aliphatic rings. The van der Waals surface area contributed by atoms with Crippen LogP contribution >= 0.6 is 0 Å². The Kier molecular flexibility index (Phi) is 4.59. The quantitative estimate of drug-likeness (QED) is 0.559. The van der Waals surface area contributed by atoms with Crippen molar-refractivity contribution >= 4 is 16.9 Å². The van der Waals surface area contributed by atoms with Crippen LogP contribution in [0.4, 0.5) is 5.82 Å². The van der Waals surface area contributed by atoms with Crippen molar-refractivity contribution in [2.24, 2.45) is 7.05 Å². The molecule has 4 rings (SSSR count). The number of pyridine rings is 1. The van der Waals surface area contributed by atoms with Gasteiger partial charge in [0.25, 0.3) is 0 Å². The SMILES string of the molecule is CC(C)c1ccccc1-c1nc(NCc2ccccn2)c2ccn(C)c2n1. The van der Waals surface area contributed by atoms with Gasteiger partial charge in [-0.2, -0.15) is 0 Å². The number of fused-ring (bicyclic) bond motifs is 1. The van der Waals surface area contributed by atoms with Gasteiger partial charge in [0.1, 0.15) is 11.5 Å². The van der Waals surface area contributed by atoms with Crippen molar-refractivity contribution in [3.63, 3.8) is 0 Å². The van der Waals surface area contributed by atoms with E-state index >= 15 is 0 Å². The van der Waals surface area contributed by atoms with E-state index < -0.39 is 0 Å². The standard InChI is InChI=1S/C22H23N5/c1-15(2)17-9-4-5-10-18(17)21-25-20(19-11-13-27(3)22(19)26-21)24-14-16-8-6-7-12-23-16/h4-13,15H,14H2,1-3H3,(H,24,25,26). The molecule has 5 nitrogen and oxygen atoms in total. The first-order chi connectivity index (χ1) is 13.1. The molecule has 0 saturated carbocycles. The topological polar surface area (TPSA) is 55.6 Å². The van der Waals surface area contributed by atoms with Gasteiger partial charge in [-0.05, 0) is 29.7 Å². The Morgan fingerprint density at radius 1 is 1.00 bits per heavy atom. The highest BCUT2D eigenvalue weighted by Gasteiger charge is 2.15. The second-order valence-corrected chi connectivity index (χ2v) is 6.98. The van der Waals surface area contributed by atoms with Crippen LogP contribution in [0, 0.1) is 0 Å². The lowest BCUT2D eigenvalue weighted by Gasteiger charge is -2.14. The van der Waals surface area contributed by atoms with Crippen molar-refractivity contribution in [1.29, 1.82) is 0 Å². The maximum absolute atomic E-state index is 4.88. The van der Waals surface area contributed by atoms with Crippen molar-refractivity contribution in [2.45, 2.75) is 26.3 Å². The fraction of sp³-hybridized carbons (Fsp3) is 0.227. The van der Waals surface area contributed by atoms with E-state index in [1.165, 1.54) is 5.56 Å². The van der Waals surface area contributed by atoms with Gasteiger partial charge in [-0.3, -0.25) is 4.98 Å². The van der Waals surface area contributed by atoms with Crippen LogP contribution in [0.2, 0.25) is 0 Å². The molecule has 0 spiro atoms. The van der Waals surface area contributed by atoms with Gasteiger partial charge in [-0.15, -0.1) is 0 Å². The van der Waals surface area contributed by atoms with Crippen LogP contribution in [0.25, 0.3) is 22.4 Å². The summed E-state index contributed by atoms with van der Waals surface area (Å²) in [5.74, 6) is 1.98. The maximum atomic E-state index is 4.88. The number of hydrogen-bond acceptors (Lipinski definition) is 4. The molecule has 4 aromatic rings. The van der Waals surface area contributed by atoms with E-state index in [4.69, 9.17) is 9.97 Å². The molecule has 0 saturated heterocycles. The van der Waals surface area contributed by atoms with Gasteiger partial charge in [-0.1, -0.05) is 44.2 Å². The molecule has 0 amide bonds. The lowest BCUT2D eigenvalue weighted by atomic mass is 9.97. The van der Waals surface area contributed by atoms with E-state index in [1.54, 1.807) is 6.20 Å². The second kappa shape index (κ2) is 7.19. The monoisotopic (exact) mass is 357 g/mol. The number of nitrogens with zero attached hydrogens (tertiary/aromatic N) is 4.